The van der Waals surface area contributed by atoms with E-state index in [1.165, 1.54) is 0 Å². The largest absolute Gasteiger partial charge is 0.444 e. The van der Waals surface area contributed by atoms with Gasteiger partial charge >= 0.3 is 6.09 Å². The molecule has 1 amide bonds. The topological polar surface area (TPSA) is 62.1 Å². The van der Waals surface area contributed by atoms with E-state index in [4.69, 9.17) is 10.00 Å². The van der Waals surface area contributed by atoms with Crippen LogP contribution in [0.3, 0.4) is 0 Å². The van der Waals surface area contributed by atoms with Crippen molar-refractivity contribution in [1.82, 2.24) is 5.32 Å². The quantitative estimate of drug-likeness (QED) is 0.911. The minimum absolute atomic E-state index is 0.360. The molecule has 0 saturated heterocycles. The van der Waals surface area contributed by atoms with E-state index in [0.717, 1.165) is 5.56 Å². The molecule has 0 aromatic heterocycles. The molecule has 0 heterocycles. The van der Waals surface area contributed by atoms with Gasteiger partial charge in [0.2, 0.25) is 0 Å². The van der Waals surface area contributed by atoms with Crippen LogP contribution in [-0.4, -0.2) is 11.7 Å². The Morgan fingerprint density at radius 1 is 1.50 bits per heavy atom. The fraction of sp³-hybridized carbons (Fsp3) is 0.385. The highest BCUT2D eigenvalue weighted by molar-refractivity contribution is 9.10. The van der Waals surface area contributed by atoms with Crippen LogP contribution in [0, 0.1) is 11.3 Å². The van der Waals surface area contributed by atoms with Crippen molar-refractivity contribution in [2.24, 2.45) is 0 Å². The first-order valence-corrected chi connectivity index (χ1v) is 6.26. The van der Waals surface area contributed by atoms with Crippen molar-refractivity contribution in [3.63, 3.8) is 0 Å². The number of alkyl carbamates (subject to hydrolysis) is 1. The molecule has 0 saturated carbocycles. The summed E-state index contributed by atoms with van der Waals surface area (Å²) in [4.78, 5) is 11.4. The minimum atomic E-state index is -0.505. The highest BCUT2D eigenvalue weighted by atomic mass is 79.9. The summed E-state index contributed by atoms with van der Waals surface area (Å²) < 4.78 is 5.84. The number of carbonyl (C=O) groups is 1. The van der Waals surface area contributed by atoms with Crippen molar-refractivity contribution in [2.45, 2.75) is 32.9 Å². The molecule has 0 aliphatic carbocycles. The number of amides is 1. The van der Waals surface area contributed by atoms with E-state index in [1.54, 1.807) is 18.2 Å². The monoisotopic (exact) mass is 310 g/mol. The highest BCUT2D eigenvalue weighted by Crippen LogP contribution is 2.17. The summed E-state index contributed by atoms with van der Waals surface area (Å²) >= 11 is 3.30. The molecule has 0 atom stereocenters. The summed E-state index contributed by atoms with van der Waals surface area (Å²) in [5.41, 5.74) is 0.956. The second-order valence-electron chi connectivity index (χ2n) is 4.78. The molecule has 0 aliphatic heterocycles. The number of carbonyl (C=O) groups excluding carboxylic acids is 1. The van der Waals surface area contributed by atoms with Gasteiger partial charge in [0.05, 0.1) is 5.56 Å². The maximum atomic E-state index is 11.4. The SMILES string of the molecule is CC(C)(C)OC(=O)NCc1ccc(C#N)c(Br)c1. The lowest BCUT2D eigenvalue weighted by Crippen LogP contribution is -2.32. The molecule has 1 aromatic rings. The maximum absolute atomic E-state index is 11.4. The van der Waals surface area contributed by atoms with Gasteiger partial charge in [0.1, 0.15) is 11.7 Å². The Kier molecular flexibility index (Phi) is 4.74. The first kappa shape index (κ1) is 14.5. The summed E-state index contributed by atoms with van der Waals surface area (Å²) in [5.74, 6) is 0. The number of hydrogen-bond donors (Lipinski definition) is 1. The summed E-state index contributed by atoms with van der Waals surface area (Å²) in [6, 6.07) is 7.36. The molecule has 0 radical (unpaired) electrons. The number of nitrogens with one attached hydrogen (secondary N) is 1. The van der Waals surface area contributed by atoms with Crippen molar-refractivity contribution in [3.8, 4) is 6.07 Å². The minimum Gasteiger partial charge on any atom is -0.444 e. The van der Waals surface area contributed by atoms with Crippen LogP contribution >= 0.6 is 15.9 Å². The lowest BCUT2D eigenvalue weighted by molar-refractivity contribution is 0.0523. The third-order valence-electron chi connectivity index (χ3n) is 1.99. The van der Waals surface area contributed by atoms with Crippen molar-refractivity contribution in [3.05, 3.63) is 33.8 Å². The van der Waals surface area contributed by atoms with Gasteiger partial charge in [-0.2, -0.15) is 5.26 Å². The lowest BCUT2D eigenvalue weighted by Gasteiger charge is -2.19. The Morgan fingerprint density at radius 3 is 2.67 bits per heavy atom. The third-order valence-corrected chi connectivity index (χ3v) is 2.65. The molecule has 18 heavy (non-hydrogen) atoms. The molecule has 1 N–H and O–H groups in total. The van der Waals surface area contributed by atoms with Gasteiger partial charge in [-0.15, -0.1) is 0 Å². The van der Waals surface area contributed by atoms with Gasteiger partial charge in [0.15, 0.2) is 0 Å². The van der Waals surface area contributed by atoms with E-state index >= 15 is 0 Å². The number of halogens is 1. The van der Waals surface area contributed by atoms with Crippen molar-refractivity contribution < 1.29 is 9.53 Å². The predicted molar refractivity (Wildman–Crippen MR) is 71.9 cm³/mol. The number of rotatable bonds is 2. The van der Waals surface area contributed by atoms with E-state index in [9.17, 15) is 4.79 Å². The summed E-state index contributed by atoms with van der Waals surface area (Å²) in [7, 11) is 0. The van der Waals surface area contributed by atoms with Crippen molar-refractivity contribution in [2.75, 3.05) is 0 Å². The number of nitrogens with zero attached hydrogens (tertiary/aromatic N) is 1. The summed E-state index contributed by atoms with van der Waals surface area (Å²) in [6.07, 6.45) is -0.456. The van der Waals surface area contributed by atoms with Crippen LogP contribution in [0.2, 0.25) is 0 Å². The second-order valence-corrected chi connectivity index (χ2v) is 5.64. The van der Waals surface area contributed by atoms with Crippen LogP contribution in [0.15, 0.2) is 22.7 Å². The molecule has 0 unspecified atom stereocenters. The Morgan fingerprint density at radius 2 is 2.17 bits per heavy atom. The van der Waals surface area contributed by atoms with E-state index in [1.807, 2.05) is 20.8 Å². The molecule has 0 fully saturated rings. The molecule has 4 nitrogen and oxygen atoms in total. The van der Waals surface area contributed by atoms with Gasteiger partial charge in [-0.3, -0.25) is 0 Å². The zero-order chi connectivity index (χ0) is 13.8. The number of benzene rings is 1. The van der Waals surface area contributed by atoms with E-state index < -0.39 is 11.7 Å². The molecule has 96 valence electrons. The third kappa shape index (κ3) is 4.76. The number of nitriles is 1. The Bertz CT molecular complexity index is 487. The average molecular weight is 311 g/mol. The van der Waals surface area contributed by atoms with Gasteiger partial charge < -0.3 is 10.1 Å². The Labute approximate surface area is 115 Å². The van der Waals surface area contributed by atoms with Crippen LogP contribution in [0.1, 0.15) is 31.9 Å². The van der Waals surface area contributed by atoms with Crippen molar-refractivity contribution in [1.29, 1.82) is 5.26 Å². The van der Waals surface area contributed by atoms with Gasteiger partial charge in [-0.05, 0) is 54.4 Å². The standard InChI is InChI=1S/C13H15BrN2O2/c1-13(2,3)18-12(17)16-8-9-4-5-10(7-15)11(14)6-9/h4-6H,8H2,1-3H3,(H,16,17). The van der Waals surface area contributed by atoms with Crippen LogP contribution in [0.4, 0.5) is 4.79 Å². The maximum Gasteiger partial charge on any atom is 0.407 e. The Balaban J connectivity index is 2.57. The number of hydrogen-bond acceptors (Lipinski definition) is 3. The lowest BCUT2D eigenvalue weighted by atomic mass is 10.1. The van der Waals surface area contributed by atoms with Crippen LogP contribution in [0.25, 0.3) is 0 Å². The fourth-order valence-corrected chi connectivity index (χ4v) is 1.76. The molecule has 0 aliphatic rings. The van der Waals surface area contributed by atoms with Crippen LogP contribution < -0.4 is 5.32 Å². The van der Waals surface area contributed by atoms with Crippen LogP contribution in [0.5, 0.6) is 0 Å². The molecule has 0 bridgehead atoms. The predicted octanol–water partition coefficient (Wildman–Crippen LogP) is 3.35. The highest BCUT2D eigenvalue weighted by Gasteiger charge is 2.15. The smallest absolute Gasteiger partial charge is 0.407 e. The zero-order valence-corrected chi connectivity index (χ0v) is 12.2. The first-order chi connectivity index (χ1) is 8.31. The normalized spacial score (nSPS) is 10.6. The van der Waals surface area contributed by atoms with Gasteiger partial charge in [-0.1, -0.05) is 6.07 Å². The van der Waals surface area contributed by atoms with Gasteiger partial charge in [0, 0.05) is 11.0 Å². The molecular weight excluding hydrogens is 296 g/mol. The second kappa shape index (κ2) is 5.87. The molecule has 1 rings (SSSR count). The first-order valence-electron chi connectivity index (χ1n) is 5.47. The summed E-state index contributed by atoms with van der Waals surface area (Å²) in [6.45, 7) is 5.79. The molecule has 0 spiro atoms. The van der Waals surface area contributed by atoms with E-state index in [0.29, 0.717) is 16.6 Å². The Hall–Kier alpha value is -1.54. The van der Waals surface area contributed by atoms with E-state index in [-0.39, 0.29) is 0 Å². The van der Waals surface area contributed by atoms with Crippen molar-refractivity contribution >= 4 is 22.0 Å². The molecule has 5 heteroatoms. The molecular formula is C13H15BrN2O2. The van der Waals surface area contributed by atoms with Crippen LogP contribution in [-0.2, 0) is 11.3 Å². The number of ether oxygens (including phenoxy) is 1. The zero-order valence-electron chi connectivity index (χ0n) is 10.6. The fourth-order valence-electron chi connectivity index (χ4n) is 1.25. The average Bonchev–Trinajstić information content (AvgIpc) is 2.24. The van der Waals surface area contributed by atoms with Gasteiger partial charge in [-0.25, -0.2) is 4.79 Å². The van der Waals surface area contributed by atoms with Gasteiger partial charge in [0.25, 0.3) is 0 Å². The molecule has 1 aromatic carbocycles. The van der Waals surface area contributed by atoms with E-state index in [2.05, 4.69) is 27.3 Å². The summed E-state index contributed by atoms with van der Waals surface area (Å²) in [5, 5.41) is 11.4.